The van der Waals surface area contributed by atoms with Gasteiger partial charge in [0.05, 0.1) is 72.0 Å². The number of hydrogen-bond donors (Lipinski definition) is 2. The second-order valence-corrected chi connectivity index (χ2v) is 26.9. The molecule has 1 aliphatic carbocycles. The first-order chi connectivity index (χ1) is 39.2. The van der Waals surface area contributed by atoms with Crippen LogP contribution in [-0.4, -0.2) is 198 Å². The van der Waals surface area contributed by atoms with Crippen molar-refractivity contribution in [2.24, 2.45) is 22.7 Å². The van der Waals surface area contributed by atoms with Crippen LogP contribution in [-0.2, 0) is 52.8 Å². The molecule has 444 valence electrons. The Hall–Kier alpha value is -5.23. The number of esters is 1. The summed E-state index contributed by atoms with van der Waals surface area (Å²) in [5.74, 6) is -0.482. The van der Waals surface area contributed by atoms with Crippen molar-refractivity contribution in [1.82, 2.24) is 49.9 Å². The average Bonchev–Trinajstić information content (AvgIpc) is 4.13. The van der Waals surface area contributed by atoms with E-state index in [-0.39, 0.29) is 54.7 Å². The molecule has 0 radical (unpaired) electrons. The van der Waals surface area contributed by atoms with Crippen LogP contribution in [0.3, 0.4) is 0 Å². The van der Waals surface area contributed by atoms with Gasteiger partial charge in [-0.25, -0.2) is 10.4 Å². The number of hydrogen-bond acceptors (Lipinski definition) is 15. The van der Waals surface area contributed by atoms with Crippen molar-refractivity contribution in [1.29, 1.82) is 0 Å². The Morgan fingerprint density at radius 2 is 1.82 bits per heavy atom. The number of aromatic nitrogens is 3. The summed E-state index contributed by atoms with van der Waals surface area (Å²) in [5, 5.41) is 7.68. The number of alkyl halides is 3. The van der Waals surface area contributed by atoms with Crippen molar-refractivity contribution in [3.8, 4) is 22.5 Å². The maximum absolute atomic E-state index is 15.2. The van der Waals surface area contributed by atoms with Gasteiger partial charge < -0.3 is 33.9 Å². The Morgan fingerprint density at radius 3 is 2.59 bits per heavy atom. The highest BCUT2D eigenvalue weighted by molar-refractivity contribution is 7.10. The lowest BCUT2D eigenvalue weighted by molar-refractivity contribution is -0.155. The van der Waals surface area contributed by atoms with Crippen LogP contribution < -0.4 is 15.6 Å². The van der Waals surface area contributed by atoms with Gasteiger partial charge in [-0.05, 0) is 101 Å². The number of carbonyl (C=O) groups excluding carboxylic acids is 4. The quantitative estimate of drug-likeness (QED) is 0.127. The van der Waals surface area contributed by atoms with Crippen molar-refractivity contribution >= 4 is 51.6 Å². The number of nitrogens with zero attached hydrogens (tertiary/aromatic N) is 9. The van der Waals surface area contributed by atoms with E-state index in [1.54, 1.807) is 25.4 Å². The SMILES string of the molecule is CO[C@@H](C)c1ncc(N2CCN3CCOC[C@@H]3C2)cc1-c1c2c3cc(ccc3n1CC(F)(F)F)-c1csc(n1)C[C@H](NC(=O)C(C(C)C)N1CC[C@]3(CCN(C(=O)[C@H]4C(C5CC5)N4C)C3)C1)C(=O)N1CCC[C@H](N1)C(=O)OCC(C)(C)C2. The zero-order chi connectivity index (χ0) is 57.6. The van der Waals surface area contributed by atoms with Crippen molar-refractivity contribution in [3.05, 3.63) is 52.1 Å². The number of amides is 3. The largest absolute Gasteiger partial charge is 0.464 e. The van der Waals surface area contributed by atoms with E-state index in [4.69, 9.17) is 24.2 Å². The normalized spacial score (nSPS) is 29.0. The highest BCUT2D eigenvalue weighted by atomic mass is 32.1. The number of thiazole rings is 1. The number of carbonyl (C=O) groups is 4. The number of ether oxygens (including phenoxy) is 3. The van der Waals surface area contributed by atoms with Crippen LogP contribution in [0.15, 0.2) is 35.8 Å². The molecule has 6 bridgehead atoms. The Morgan fingerprint density at radius 1 is 1.01 bits per heavy atom. The number of fused-ring (bicyclic) bond motifs is 7. The Bertz CT molecular complexity index is 3090. The van der Waals surface area contributed by atoms with Crippen LogP contribution in [0.1, 0.15) is 95.5 Å². The molecular formula is C60H80F3N11O7S. The first kappa shape index (κ1) is 57.2. The van der Waals surface area contributed by atoms with E-state index >= 15 is 13.2 Å². The van der Waals surface area contributed by atoms with Gasteiger partial charge in [-0.1, -0.05) is 33.8 Å². The topological polar surface area (TPSA) is 170 Å². The predicted octanol–water partition coefficient (Wildman–Crippen LogP) is 6.31. The summed E-state index contributed by atoms with van der Waals surface area (Å²) in [5.41, 5.74) is 6.63. The fourth-order valence-electron chi connectivity index (χ4n) is 14.5. The number of benzene rings is 1. The molecule has 1 aromatic carbocycles. The van der Waals surface area contributed by atoms with Crippen molar-refractivity contribution < 1.29 is 46.6 Å². The highest BCUT2D eigenvalue weighted by Gasteiger charge is 2.59. The standard InChI is InChI=1S/C60H80F3N11O7S/c1-35(2)50(71-17-14-59(31-71)15-18-72(32-59)56(77)53-51(68(53)6)37-10-11-37)54(75)66-45-25-48-65-46(30-82-48)38-12-13-47-41(23-38)43(26-58(4,5)34-81-57(78)44-9-8-16-74(67-44)55(45)76)52(73(47)33-60(61,62)63)42-24-39(27-64-49(42)36(3)79-7)70-20-19-69-21-22-80-29-40(69)28-70/h12-13,23-24,27,30,35-37,40,44-45,50-51,53,67H,8-11,14-22,25-26,28-29,31-34H2,1-7H3,(H,66,75)/t36-,40-,44-,45-,50?,51?,53+,59-,68?/m0/s1. The molecule has 8 aliphatic rings. The number of hydrazine groups is 1. The predicted molar refractivity (Wildman–Crippen MR) is 305 cm³/mol. The Labute approximate surface area is 482 Å². The van der Waals surface area contributed by atoms with E-state index in [9.17, 15) is 19.2 Å². The van der Waals surface area contributed by atoms with Crippen LogP contribution in [0, 0.1) is 22.7 Å². The minimum absolute atomic E-state index is 0.0219. The number of methoxy groups -OCH3 is 1. The maximum Gasteiger partial charge on any atom is 0.406 e. The lowest BCUT2D eigenvalue weighted by Gasteiger charge is -2.44. The summed E-state index contributed by atoms with van der Waals surface area (Å²) in [6.45, 7) is 15.8. The number of likely N-dealkylation sites (N-methyl/N-ethyl adjacent to an activating group) is 1. The molecule has 22 heteroatoms. The zero-order valence-electron chi connectivity index (χ0n) is 48.4. The van der Waals surface area contributed by atoms with Gasteiger partial charge in [0.1, 0.15) is 24.7 Å². The van der Waals surface area contributed by atoms with Gasteiger partial charge in [-0.2, -0.15) is 13.2 Å². The summed E-state index contributed by atoms with van der Waals surface area (Å²) in [6.07, 6.45) is 1.89. The molecule has 3 unspecified atom stereocenters. The second kappa shape index (κ2) is 22.3. The number of rotatable bonds is 11. The smallest absolute Gasteiger partial charge is 0.406 e. The molecule has 82 heavy (non-hydrogen) atoms. The van der Waals surface area contributed by atoms with Crippen LogP contribution in [0.2, 0.25) is 0 Å². The minimum Gasteiger partial charge on any atom is -0.464 e. The first-order valence-electron chi connectivity index (χ1n) is 29.7. The second-order valence-electron chi connectivity index (χ2n) is 26.0. The molecule has 7 fully saturated rings. The number of likely N-dealkylation sites (tertiary alicyclic amines) is 2. The first-order valence-corrected chi connectivity index (χ1v) is 30.6. The van der Waals surface area contributed by atoms with Crippen molar-refractivity contribution in [2.75, 3.05) is 97.8 Å². The summed E-state index contributed by atoms with van der Waals surface area (Å²) < 4.78 is 64.9. The Balaban J connectivity index is 0.882. The van der Waals surface area contributed by atoms with Crippen LogP contribution in [0.5, 0.6) is 0 Å². The van der Waals surface area contributed by atoms with E-state index in [1.165, 1.54) is 33.8 Å². The number of piperazine rings is 1. The average molecular weight is 1160 g/mol. The third-order valence-electron chi connectivity index (χ3n) is 19.1. The number of cyclic esters (lactones) is 1. The molecule has 1 spiro atoms. The molecule has 4 aromatic rings. The zero-order valence-corrected chi connectivity index (χ0v) is 49.3. The fourth-order valence-corrected chi connectivity index (χ4v) is 15.3. The van der Waals surface area contributed by atoms with E-state index in [0.29, 0.717) is 134 Å². The number of morpholine rings is 1. The van der Waals surface area contributed by atoms with Gasteiger partial charge >= 0.3 is 12.1 Å². The van der Waals surface area contributed by atoms with Gasteiger partial charge in [0, 0.05) is 110 Å². The minimum atomic E-state index is -4.62. The van der Waals surface area contributed by atoms with E-state index in [1.807, 2.05) is 52.1 Å². The Kier molecular flexibility index (Phi) is 15.6. The third-order valence-corrected chi connectivity index (χ3v) is 19.9. The molecule has 1 saturated carbocycles. The van der Waals surface area contributed by atoms with Gasteiger partial charge in [0.15, 0.2) is 0 Å². The monoisotopic (exact) mass is 1160 g/mol. The van der Waals surface area contributed by atoms with Crippen molar-refractivity contribution in [3.63, 3.8) is 0 Å². The molecule has 10 heterocycles. The lowest BCUT2D eigenvalue weighted by atomic mass is 9.84. The molecule has 18 nitrogen and oxygen atoms in total. The van der Waals surface area contributed by atoms with Gasteiger partial charge in [0.25, 0.3) is 5.91 Å². The third kappa shape index (κ3) is 11.4. The molecule has 6 saturated heterocycles. The van der Waals surface area contributed by atoms with Gasteiger partial charge in [0.2, 0.25) is 11.8 Å². The molecule has 7 aliphatic heterocycles. The molecule has 12 rings (SSSR count). The molecule has 3 aromatic heterocycles. The van der Waals surface area contributed by atoms with Crippen LogP contribution in [0.25, 0.3) is 33.4 Å². The molecule has 9 atom stereocenters. The highest BCUT2D eigenvalue weighted by Crippen LogP contribution is 2.49. The van der Waals surface area contributed by atoms with E-state index in [2.05, 4.69) is 42.3 Å². The number of nitrogens with one attached hydrogen (secondary N) is 2. The van der Waals surface area contributed by atoms with Gasteiger partial charge in [-0.3, -0.25) is 43.9 Å². The van der Waals surface area contributed by atoms with E-state index < -0.39 is 54.2 Å². The molecular weight excluding hydrogens is 1080 g/mol. The van der Waals surface area contributed by atoms with Crippen LogP contribution in [0.4, 0.5) is 18.9 Å². The number of anilines is 1. The summed E-state index contributed by atoms with van der Waals surface area (Å²) >= 11 is 1.34. The molecule has 3 amide bonds. The number of halogens is 3. The summed E-state index contributed by atoms with van der Waals surface area (Å²) in [6, 6.07) is 5.39. The number of pyridine rings is 1. The van der Waals surface area contributed by atoms with Gasteiger partial charge in [-0.15, -0.1) is 11.3 Å². The summed E-state index contributed by atoms with van der Waals surface area (Å²) in [7, 11) is 3.62. The summed E-state index contributed by atoms with van der Waals surface area (Å²) in [4.78, 5) is 79.2. The maximum atomic E-state index is 15.2. The van der Waals surface area contributed by atoms with E-state index in [0.717, 1.165) is 31.6 Å². The van der Waals surface area contributed by atoms with Crippen molar-refractivity contribution in [2.45, 2.75) is 141 Å². The van der Waals surface area contributed by atoms with Crippen LogP contribution >= 0.6 is 11.3 Å². The fraction of sp³-hybridized carbons (Fsp3) is 0.667. The lowest BCUT2D eigenvalue weighted by Crippen LogP contribution is -2.62. The molecule has 2 N–H and O–H groups in total.